The number of halogens is 1. The molecule has 0 spiro atoms. The predicted octanol–water partition coefficient (Wildman–Crippen LogP) is 3.83. The molecule has 1 fully saturated rings. The van der Waals surface area contributed by atoms with Gasteiger partial charge >= 0.3 is 0 Å². The molecule has 0 aromatic carbocycles. The monoisotopic (exact) mass is 482 g/mol. The molecule has 5 nitrogen and oxygen atoms in total. The van der Waals surface area contributed by atoms with Crippen LogP contribution in [0.3, 0.4) is 0 Å². The first-order chi connectivity index (χ1) is 12.0. The van der Waals surface area contributed by atoms with Crippen LogP contribution in [0.2, 0.25) is 0 Å². The number of ether oxygens (including phenoxy) is 1. The summed E-state index contributed by atoms with van der Waals surface area (Å²) >= 11 is 0. The lowest BCUT2D eigenvalue weighted by molar-refractivity contribution is 0.0625. The van der Waals surface area contributed by atoms with Gasteiger partial charge in [-0.1, -0.05) is 0 Å². The third kappa shape index (κ3) is 10.3. The van der Waals surface area contributed by atoms with Crippen LogP contribution in [-0.4, -0.2) is 74.3 Å². The fraction of sp³-hybridized carbons (Fsp3) is 0.950. The molecule has 1 rings (SSSR count). The second-order valence-electron chi connectivity index (χ2n) is 7.78. The number of nitrogens with one attached hydrogen (secondary N) is 1. The van der Waals surface area contributed by atoms with E-state index in [-0.39, 0.29) is 24.0 Å². The number of rotatable bonds is 10. The van der Waals surface area contributed by atoms with E-state index in [2.05, 4.69) is 56.8 Å². The van der Waals surface area contributed by atoms with Crippen LogP contribution >= 0.6 is 24.0 Å². The Bertz CT molecular complexity index is 363. The van der Waals surface area contributed by atoms with E-state index in [1.165, 1.54) is 19.3 Å². The summed E-state index contributed by atoms with van der Waals surface area (Å²) in [6, 6.07) is 1.19. The largest absolute Gasteiger partial charge is 0.381 e. The summed E-state index contributed by atoms with van der Waals surface area (Å²) in [6.45, 7) is 17.1. The fourth-order valence-electron chi connectivity index (χ4n) is 3.54. The van der Waals surface area contributed by atoms with Crippen molar-refractivity contribution in [1.82, 2.24) is 15.1 Å². The molecular weight excluding hydrogens is 439 g/mol. The summed E-state index contributed by atoms with van der Waals surface area (Å²) in [4.78, 5) is 9.68. The molecule has 0 aliphatic carbocycles. The van der Waals surface area contributed by atoms with Crippen LogP contribution in [0.5, 0.6) is 0 Å². The molecule has 0 unspecified atom stereocenters. The van der Waals surface area contributed by atoms with E-state index in [1.807, 2.05) is 0 Å². The first-order valence-electron chi connectivity index (χ1n) is 10.3. The van der Waals surface area contributed by atoms with Crippen LogP contribution in [-0.2, 0) is 4.74 Å². The standard InChI is InChI=1S/C20H42N4O.HI/c1-7-21-20(22-12-8-13-24(17(2)3)18(4)5)23(6)14-9-19-10-15-25-16-11-19;/h17-19H,7-16H2,1-6H3,(H,21,22);1H. The van der Waals surface area contributed by atoms with Crippen molar-refractivity contribution in [1.29, 1.82) is 0 Å². The zero-order valence-corrected chi connectivity index (χ0v) is 20.3. The lowest BCUT2D eigenvalue weighted by atomic mass is 9.96. The van der Waals surface area contributed by atoms with Crippen molar-refractivity contribution >= 4 is 29.9 Å². The molecule has 0 radical (unpaired) electrons. The van der Waals surface area contributed by atoms with E-state index in [9.17, 15) is 0 Å². The first kappa shape index (κ1) is 25.9. The van der Waals surface area contributed by atoms with Gasteiger partial charge in [0.25, 0.3) is 0 Å². The molecule has 1 saturated heterocycles. The minimum absolute atomic E-state index is 0. The third-order valence-electron chi connectivity index (χ3n) is 5.07. The van der Waals surface area contributed by atoms with Crippen LogP contribution in [0, 0.1) is 5.92 Å². The van der Waals surface area contributed by atoms with Gasteiger partial charge in [0.1, 0.15) is 0 Å². The highest BCUT2D eigenvalue weighted by Crippen LogP contribution is 2.18. The van der Waals surface area contributed by atoms with Crippen molar-refractivity contribution in [3.05, 3.63) is 0 Å². The Morgan fingerprint density at radius 1 is 1.12 bits per heavy atom. The molecular formula is C20H43IN4O. The zero-order chi connectivity index (χ0) is 18.7. The minimum atomic E-state index is 0. The Morgan fingerprint density at radius 3 is 2.27 bits per heavy atom. The molecule has 26 heavy (non-hydrogen) atoms. The number of hydrogen-bond acceptors (Lipinski definition) is 3. The number of guanidine groups is 1. The second-order valence-corrected chi connectivity index (χ2v) is 7.78. The molecule has 1 N–H and O–H groups in total. The van der Waals surface area contributed by atoms with Gasteiger partial charge < -0.3 is 15.0 Å². The minimum Gasteiger partial charge on any atom is -0.381 e. The summed E-state index contributed by atoms with van der Waals surface area (Å²) in [7, 11) is 2.16. The number of hydrogen-bond donors (Lipinski definition) is 1. The Labute approximate surface area is 179 Å². The topological polar surface area (TPSA) is 40.1 Å². The van der Waals surface area contributed by atoms with Gasteiger partial charge in [0.05, 0.1) is 0 Å². The Kier molecular flexibility index (Phi) is 14.9. The van der Waals surface area contributed by atoms with Crippen LogP contribution < -0.4 is 5.32 Å². The quantitative estimate of drug-likeness (QED) is 0.223. The van der Waals surface area contributed by atoms with Crippen LogP contribution in [0.4, 0.5) is 0 Å². The van der Waals surface area contributed by atoms with Crippen LogP contribution in [0.1, 0.15) is 60.3 Å². The van der Waals surface area contributed by atoms with Crippen molar-refractivity contribution in [2.75, 3.05) is 46.4 Å². The predicted molar refractivity (Wildman–Crippen MR) is 124 cm³/mol. The van der Waals surface area contributed by atoms with Gasteiger partial charge in [-0.05, 0) is 66.2 Å². The van der Waals surface area contributed by atoms with Crippen molar-refractivity contribution in [2.24, 2.45) is 10.9 Å². The van der Waals surface area contributed by atoms with Gasteiger partial charge in [-0.25, -0.2) is 0 Å². The van der Waals surface area contributed by atoms with E-state index in [0.29, 0.717) is 12.1 Å². The molecule has 0 atom stereocenters. The van der Waals surface area contributed by atoms with Gasteiger partial charge in [0, 0.05) is 58.5 Å². The average molecular weight is 482 g/mol. The van der Waals surface area contributed by atoms with Crippen molar-refractivity contribution in [3.8, 4) is 0 Å². The summed E-state index contributed by atoms with van der Waals surface area (Å²) in [5.41, 5.74) is 0. The SMILES string of the molecule is CCNC(=NCCCN(C(C)C)C(C)C)N(C)CCC1CCOCC1.I. The Balaban J connectivity index is 0.00000625. The van der Waals surface area contributed by atoms with E-state index in [4.69, 9.17) is 9.73 Å². The highest BCUT2D eigenvalue weighted by Gasteiger charge is 2.16. The third-order valence-corrected chi connectivity index (χ3v) is 5.07. The lowest BCUT2D eigenvalue weighted by Gasteiger charge is -2.30. The molecule has 0 saturated carbocycles. The smallest absolute Gasteiger partial charge is 0.193 e. The van der Waals surface area contributed by atoms with Gasteiger partial charge in [-0.3, -0.25) is 9.89 Å². The molecule has 0 aromatic heterocycles. The maximum absolute atomic E-state index is 5.46. The molecule has 156 valence electrons. The van der Waals surface area contributed by atoms with Gasteiger partial charge in [0.2, 0.25) is 0 Å². The van der Waals surface area contributed by atoms with E-state index < -0.39 is 0 Å². The first-order valence-corrected chi connectivity index (χ1v) is 10.3. The summed E-state index contributed by atoms with van der Waals surface area (Å²) in [5, 5.41) is 3.44. The normalized spacial score (nSPS) is 16.3. The molecule has 0 bridgehead atoms. The fourth-order valence-corrected chi connectivity index (χ4v) is 3.54. The number of aliphatic imine (C=N–C) groups is 1. The number of nitrogens with zero attached hydrogens (tertiary/aromatic N) is 3. The van der Waals surface area contributed by atoms with Gasteiger partial charge in [0.15, 0.2) is 5.96 Å². The van der Waals surface area contributed by atoms with Crippen molar-refractivity contribution in [3.63, 3.8) is 0 Å². The summed E-state index contributed by atoms with van der Waals surface area (Å²) in [5.74, 6) is 1.86. The molecule has 1 heterocycles. The molecule has 1 aliphatic heterocycles. The van der Waals surface area contributed by atoms with Gasteiger partial charge in [-0.15, -0.1) is 24.0 Å². The Morgan fingerprint density at radius 2 is 1.73 bits per heavy atom. The van der Waals surface area contributed by atoms with Crippen LogP contribution in [0.25, 0.3) is 0 Å². The zero-order valence-electron chi connectivity index (χ0n) is 18.0. The highest BCUT2D eigenvalue weighted by molar-refractivity contribution is 14.0. The summed E-state index contributed by atoms with van der Waals surface area (Å²) in [6.07, 6.45) is 4.77. The van der Waals surface area contributed by atoms with E-state index in [0.717, 1.165) is 57.7 Å². The van der Waals surface area contributed by atoms with E-state index >= 15 is 0 Å². The maximum atomic E-state index is 5.46. The Hall–Kier alpha value is -0.0800. The second kappa shape index (κ2) is 14.9. The average Bonchev–Trinajstić information content (AvgIpc) is 2.58. The van der Waals surface area contributed by atoms with Crippen LogP contribution in [0.15, 0.2) is 4.99 Å². The van der Waals surface area contributed by atoms with Gasteiger partial charge in [-0.2, -0.15) is 0 Å². The van der Waals surface area contributed by atoms with E-state index in [1.54, 1.807) is 0 Å². The molecule has 1 aliphatic rings. The maximum Gasteiger partial charge on any atom is 0.193 e. The highest BCUT2D eigenvalue weighted by atomic mass is 127. The molecule has 0 aromatic rings. The summed E-state index contributed by atoms with van der Waals surface area (Å²) < 4.78 is 5.46. The molecule has 0 amide bonds. The van der Waals surface area contributed by atoms with Crippen molar-refractivity contribution in [2.45, 2.75) is 72.4 Å². The molecule has 6 heteroatoms. The lowest BCUT2D eigenvalue weighted by Crippen LogP contribution is -2.40. The van der Waals surface area contributed by atoms with Crippen molar-refractivity contribution < 1.29 is 4.74 Å².